The molecule has 1 aromatic rings. The summed E-state index contributed by atoms with van der Waals surface area (Å²) in [4.78, 5) is 0. The van der Waals surface area contributed by atoms with Gasteiger partial charge in [0, 0.05) is 11.3 Å². The first-order chi connectivity index (χ1) is 10.9. The maximum absolute atomic E-state index is 9.03. The molecule has 0 fully saturated rings. The highest BCUT2D eigenvalue weighted by Crippen LogP contribution is 2.27. The molecule has 0 amide bonds. The van der Waals surface area contributed by atoms with Crippen molar-refractivity contribution in [3.63, 3.8) is 0 Å². The highest BCUT2D eigenvalue weighted by atomic mass is 16.5. The molecule has 0 radical (unpaired) electrons. The molecule has 0 unspecified atom stereocenters. The number of hydrogen-bond acceptors (Lipinski definition) is 4. The second-order valence-corrected chi connectivity index (χ2v) is 5.36. The lowest BCUT2D eigenvalue weighted by Gasteiger charge is -2.17. The van der Waals surface area contributed by atoms with Crippen LogP contribution in [0.2, 0.25) is 0 Å². The van der Waals surface area contributed by atoms with Crippen molar-refractivity contribution in [2.75, 3.05) is 5.73 Å². The maximum Gasteiger partial charge on any atom is 0.137 e. The Bertz CT molecular complexity index is 840. The zero-order chi connectivity index (χ0) is 17.0. The largest absolute Gasteiger partial charge is 0.462 e. The third-order valence-corrected chi connectivity index (χ3v) is 3.48. The molecule has 0 bridgehead atoms. The first-order valence-corrected chi connectivity index (χ1v) is 7.11. The fraction of sp³-hybridized carbons (Fsp3) is 0.158. The predicted molar refractivity (Wildman–Crippen MR) is 90.4 cm³/mol. The summed E-state index contributed by atoms with van der Waals surface area (Å²) in [7, 11) is 0. The Hall–Kier alpha value is -3.24. The van der Waals surface area contributed by atoms with Crippen molar-refractivity contribution < 1.29 is 4.74 Å². The average Bonchev–Trinajstić information content (AvgIpc) is 2.50. The lowest BCUT2D eigenvalue weighted by Crippen LogP contribution is -2.01. The van der Waals surface area contributed by atoms with Crippen molar-refractivity contribution in [1.82, 2.24) is 0 Å². The highest BCUT2D eigenvalue weighted by molar-refractivity contribution is 5.64. The number of allylic oxidation sites excluding steroid dienone is 6. The molecule has 1 heterocycles. The predicted octanol–water partition coefficient (Wildman–Crippen LogP) is 4.14. The molecule has 0 saturated heterocycles. The van der Waals surface area contributed by atoms with E-state index in [0.717, 1.165) is 22.4 Å². The molecule has 1 aromatic carbocycles. The molecule has 1 aliphatic rings. The van der Waals surface area contributed by atoms with Gasteiger partial charge in [-0.2, -0.15) is 10.5 Å². The Morgan fingerprint density at radius 3 is 2.48 bits per heavy atom. The average molecular weight is 303 g/mol. The second kappa shape index (κ2) is 6.68. The fourth-order valence-electron chi connectivity index (χ4n) is 2.29. The lowest BCUT2D eigenvalue weighted by atomic mass is 10.0. The number of hydrogen-bond donors (Lipinski definition) is 1. The number of nitrogen functional groups attached to an aromatic ring is 1. The van der Waals surface area contributed by atoms with Crippen LogP contribution in [-0.2, 0) is 4.74 Å². The van der Waals surface area contributed by atoms with Gasteiger partial charge in [-0.25, -0.2) is 0 Å². The van der Waals surface area contributed by atoms with Crippen LogP contribution in [0.25, 0.3) is 6.08 Å². The van der Waals surface area contributed by atoms with Gasteiger partial charge in [-0.05, 0) is 67.8 Å². The molecule has 4 nitrogen and oxygen atoms in total. The Kier molecular flexibility index (Phi) is 4.69. The number of nitrogens with zero attached hydrogens (tertiary/aromatic N) is 2. The summed E-state index contributed by atoms with van der Waals surface area (Å²) in [6.45, 7) is 5.71. The summed E-state index contributed by atoms with van der Waals surface area (Å²) >= 11 is 0. The molecule has 0 atom stereocenters. The molecule has 0 aromatic heterocycles. The molecule has 0 spiro atoms. The van der Waals surface area contributed by atoms with Crippen LogP contribution < -0.4 is 5.73 Å². The van der Waals surface area contributed by atoms with Crippen LogP contribution in [-0.4, -0.2) is 0 Å². The van der Waals surface area contributed by atoms with Gasteiger partial charge in [-0.15, -0.1) is 0 Å². The lowest BCUT2D eigenvalue weighted by molar-refractivity contribution is 0.312. The van der Waals surface area contributed by atoms with Crippen molar-refractivity contribution in [3.8, 4) is 12.1 Å². The smallest absolute Gasteiger partial charge is 0.137 e. The van der Waals surface area contributed by atoms with Crippen molar-refractivity contribution in [2.24, 2.45) is 0 Å². The summed E-state index contributed by atoms with van der Waals surface area (Å²) in [5.74, 6) is 1.27. The fourth-order valence-corrected chi connectivity index (χ4v) is 2.29. The van der Waals surface area contributed by atoms with Crippen LogP contribution in [0.5, 0.6) is 0 Å². The zero-order valence-electron chi connectivity index (χ0n) is 13.3. The van der Waals surface area contributed by atoms with Crippen LogP contribution >= 0.6 is 0 Å². The van der Waals surface area contributed by atoms with Gasteiger partial charge in [-0.3, -0.25) is 0 Å². The van der Waals surface area contributed by atoms with Gasteiger partial charge in [0.05, 0.1) is 0 Å². The molecule has 2 rings (SSSR count). The van der Waals surface area contributed by atoms with Crippen molar-refractivity contribution in [2.45, 2.75) is 20.8 Å². The molecule has 4 heteroatoms. The highest BCUT2D eigenvalue weighted by Gasteiger charge is 2.13. The summed E-state index contributed by atoms with van der Waals surface area (Å²) < 4.78 is 5.73. The standard InChI is InChI=1S/C19H17N3O/c1-12-7-18(22)5-4-15(12)6-13(2)19-9-16(8-14(3)23-19)17(10-20)11-21/h4-9H,22H2,1-3H3. The number of rotatable bonds is 2. The number of nitriles is 2. The number of aryl methyl sites for hydroxylation is 1. The first-order valence-electron chi connectivity index (χ1n) is 7.11. The van der Waals surface area contributed by atoms with E-state index in [4.69, 9.17) is 21.0 Å². The van der Waals surface area contributed by atoms with Crippen LogP contribution in [0.1, 0.15) is 25.0 Å². The Morgan fingerprint density at radius 1 is 1.17 bits per heavy atom. The monoisotopic (exact) mass is 303 g/mol. The van der Waals surface area contributed by atoms with E-state index in [-0.39, 0.29) is 5.57 Å². The Labute approximate surface area is 136 Å². The molecule has 0 saturated carbocycles. The molecule has 1 aliphatic heterocycles. The van der Waals surface area contributed by atoms with E-state index in [2.05, 4.69) is 0 Å². The minimum absolute atomic E-state index is 0.0709. The third-order valence-electron chi connectivity index (χ3n) is 3.48. The molecule has 114 valence electrons. The van der Waals surface area contributed by atoms with Crippen LogP contribution in [0, 0.1) is 29.6 Å². The number of anilines is 1. The second-order valence-electron chi connectivity index (χ2n) is 5.36. The molecular weight excluding hydrogens is 286 g/mol. The maximum atomic E-state index is 9.03. The van der Waals surface area contributed by atoms with Gasteiger partial charge in [0.1, 0.15) is 29.2 Å². The molecular formula is C19H17N3O. The topological polar surface area (TPSA) is 82.8 Å². The van der Waals surface area contributed by atoms with Crippen molar-refractivity contribution in [3.05, 3.63) is 69.7 Å². The van der Waals surface area contributed by atoms with Crippen LogP contribution in [0.15, 0.2) is 58.6 Å². The summed E-state index contributed by atoms with van der Waals surface area (Å²) in [6, 6.07) is 9.53. The number of ether oxygens (including phenoxy) is 1. The molecule has 0 aliphatic carbocycles. The van der Waals surface area contributed by atoms with Gasteiger partial charge in [0.2, 0.25) is 0 Å². The van der Waals surface area contributed by atoms with E-state index >= 15 is 0 Å². The normalized spacial score (nSPS) is 14.1. The van der Waals surface area contributed by atoms with Gasteiger partial charge in [-0.1, -0.05) is 6.07 Å². The van der Waals surface area contributed by atoms with E-state index in [0.29, 0.717) is 17.1 Å². The first kappa shape index (κ1) is 16.1. The summed E-state index contributed by atoms with van der Waals surface area (Å²) in [5, 5.41) is 18.1. The Morgan fingerprint density at radius 2 is 1.87 bits per heavy atom. The van der Waals surface area contributed by atoms with Gasteiger partial charge in [0.15, 0.2) is 0 Å². The van der Waals surface area contributed by atoms with E-state index < -0.39 is 0 Å². The van der Waals surface area contributed by atoms with Gasteiger partial charge in [0.25, 0.3) is 0 Å². The quantitative estimate of drug-likeness (QED) is 0.657. The zero-order valence-corrected chi connectivity index (χ0v) is 13.3. The number of nitrogens with two attached hydrogens (primary N) is 1. The molecule has 23 heavy (non-hydrogen) atoms. The van der Waals surface area contributed by atoms with Gasteiger partial charge < -0.3 is 10.5 Å². The minimum atomic E-state index is 0.0709. The third kappa shape index (κ3) is 3.70. The summed E-state index contributed by atoms with van der Waals surface area (Å²) in [5.41, 5.74) is 10.1. The van der Waals surface area contributed by atoms with E-state index in [1.54, 1.807) is 19.1 Å². The van der Waals surface area contributed by atoms with E-state index in [1.165, 1.54) is 0 Å². The van der Waals surface area contributed by atoms with E-state index in [1.807, 2.05) is 50.3 Å². The van der Waals surface area contributed by atoms with Crippen LogP contribution in [0.3, 0.4) is 0 Å². The Balaban J connectivity index is 2.45. The minimum Gasteiger partial charge on any atom is -0.462 e. The van der Waals surface area contributed by atoms with Crippen LogP contribution in [0.4, 0.5) is 5.69 Å². The van der Waals surface area contributed by atoms with Crippen molar-refractivity contribution in [1.29, 1.82) is 10.5 Å². The SMILES string of the molecule is CC1=CC(=C(C#N)C#N)C=C(C(C)=Cc2ccc(N)cc2C)O1. The van der Waals surface area contributed by atoms with E-state index in [9.17, 15) is 0 Å². The number of benzene rings is 1. The molecule has 2 N–H and O–H groups in total. The summed E-state index contributed by atoms with van der Waals surface area (Å²) in [6.07, 6.45) is 5.40. The van der Waals surface area contributed by atoms with Gasteiger partial charge >= 0.3 is 0 Å². The van der Waals surface area contributed by atoms with Crippen molar-refractivity contribution >= 4 is 11.8 Å².